The fraction of sp³-hybridized carbons (Fsp3) is 0.294. The van der Waals surface area contributed by atoms with Crippen LogP contribution in [0.1, 0.15) is 32.0 Å². The van der Waals surface area contributed by atoms with Gasteiger partial charge < -0.3 is 9.47 Å². The lowest BCUT2D eigenvalue weighted by Gasteiger charge is -2.30. The summed E-state index contributed by atoms with van der Waals surface area (Å²) in [6.45, 7) is 6.47. The third kappa shape index (κ3) is 2.75. The molecule has 0 aliphatic carbocycles. The van der Waals surface area contributed by atoms with E-state index in [0.29, 0.717) is 6.61 Å². The molecule has 0 amide bonds. The molecule has 0 saturated carbocycles. The molecule has 0 fully saturated rings. The van der Waals surface area contributed by atoms with Gasteiger partial charge in [0.05, 0.1) is 18.0 Å². The third-order valence-corrected chi connectivity index (χ3v) is 3.17. The Morgan fingerprint density at radius 1 is 1.19 bits per heavy atom. The molecule has 1 aromatic heterocycles. The average Bonchev–Trinajstić information content (AvgIpc) is 2.46. The Bertz CT molecular complexity index is 678. The molecule has 0 saturated heterocycles. The zero-order chi connectivity index (χ0) is 14.9. The molecular formula is C17H18N2O2. The number of fused-ring (bicyclic) bond motifs is 1. The standard InChI is InChI=1S/C17H18N2O2/c1-4-20-12-8-9-13-15(11-12)21-17(2,3)19-16(13)14-7-5-6-10-18-14/h5-11H,4H2,1-3H3. The van der Waals surface area contributed by atoms with Crippen LogP contribution in [-0.4, -0.2) is 23.0 Å². The lowest BCUT2D eigenvalue weighted by atomic mass is 10.0. The number of aromatic nitrogens is 1. The molecule has 0 radical (unpaired) electrons. The Balaban J connectivity index is 2.11. The van der Waals surface area contributed by atoms with Crippen LogP contribution in [-0.2, 0) is 0 Å². The summed E-state index contributed by atoms with van der Waals surface area (Å²) in [6.07, 6.45) is 1.77. The van der Waals surface area contributed by atoms with Gasteiger partial charge in [0, 0.05) is 17.8 Å². The molecule has 4 heteroatoms. The monoisotopic (exact) mass is 282 g/mol. The number of rotatable bonds is 3. The van der Waals surface area contributed by atoms with E-state index in [1.165, 1.54) is 0 Å². The predicted octanol–water partition coefficient (Wildman–Crippen LogP) is 3.45. The van der Waals surface area contributed by atoms with E-state index in [2.05, 4.69) is 4.98 Å². The minimum atomic E-state index is -0.620. The number of ether oxygens (including phenoxy) is 2. The van der Waals surface area contributed by atoms with Crippen molar-refractivity contribution in [3.63, 3.8) is 0 Å². The summed E-state index contributed by atoms with van der Waals surface area (Å²) in [7, 11) is 0. The van der Waals surface area contributed by atoms with Crippen molar-refractivity contribution >= 4 is 5.71 Å². The van der Waals surface area contributed by atoms with E-state index in [4.69, 9.17) is 14.5 Å². The van der Waals surface area contributed by atoms with Gasteiger partial charge in [-0.25, -0.2) is 4.99 Å². The van der Waals surface area contributed by atoms with E-state index in [1.807, 2.05) is 57.2 Å². The smallest absolute Gasteiger partial charge is 0.195 e. The zero-order valence-electron chi connectivity index (χ0n) is 12.5. The van der Waals surface area contributed by atoms with Gasteiger partial charge in [0.1, 0.15) is 11.5 Å². The molecule has 0 atom stereocenters. The molecule has 1 aliphatic rings. The Hall–Kier alpha value is -2.36. The molecule has 0 spiro atoms. The Morgan fingerprint density at radius 2 is 2.05 bits per heavy atom. The number of benzene rings is 1. The van der Waals surface area contributed by atoms with Gasteiger partial charge in [0.25, 0.3) is 0 Å². The van der Waals surface area contributed by atoms with Crippen LogP contribution < -0.4 is 9.47 Å². The largest absolute Gasteiger partial charge is 0.494 e. The molecule has 0 N–H and O–H groups in total. The Labute approximate surface area is 124 Å². The Kier molecular flexibility index (Phi) is 3.37. The lowest BCUT2D eigenvalue weighted by molar-refractivity contribution is 0.115. The van der Waals surface area contributed by atoms with E-state index in [-0.39, 0.29) is 0 Å². The molecule has 108 valence electrons. The number of nitrogens with zero attached hydrogens (tertiary/aromatic N) is 2. The van der Waals surface area contributed by atoms with Crippen LogP contribution in [0.15, 0.2) is 47.6 Å². The molecule has 0 bridgehead atoms. The highest BCUT2D eigenvalue weighted by molar-refractivity contribution is 6.14. The van der Waals surface area contributed by atoms with Gasteiger partial charge in [0.2, 0.25) is 0 Å². The topological polar surface area (TPSA) is 43.7 Å². The van der Waals surface area contributed by atoms with Crippen LogP contribution in [0.2, 0.25) is 0 Å². The quantitative estimate of drug-likeness (QED) is 0.866. The van der Waals surface area contributed by atoms with E-state index >= 15 is 0 Å². The maximum absolute atomic E-state index is 5.96. The molecule has 3 rings (SSSR count). The molecule has 0 unspecified atom stereocenters. The summed E-state index contributed by atoms with van der Waals surface area (Å²) >= 11 is 0. The normalized spacial score (nSPS) is 15.7. The van der Waals surface area contributed by atoms with E-state index in [1.54, 1.807) is 6.20 Å². The van der Waals surface area contributed by atoms with Crippen molar-refractivity contribution in [1.29, 1.82) is 0 Å². The number of aliphatic imine (C=N–C) groups is 1. The van der Waals surface area contributed by atoms with Crippen molar-refractivity contribution in [2.45, 2.75) is 26.5 Å². The van der Waals surface area contributed by atoms with Crippen molar-refractivity contribution in [3.8, 4) is 11.5 Å². The van der Waals surface area contributed by atoms with E-state index < -0.39 is 5.72 Å². The molecule has 4 nitrogen and oxygen atoms in total. The highest BCUT2D eigenvalue weighted by Crippen LogP contribution is 2.34. The van der Waals surface area contributed by atoms with Crippen LogP contribution in [0.3, 0.4) is 0 Å². The van der Waals surface area contributed by atoms with Crippen molar-refractivity contribution < 1.29 is 9.47 Å². The van der Waals surface area contributed by atoms with Crippen LogP contribution in [0, 0.1) is 0 Å². The van der Waals surface area contributed by atoms with Crippen molar-refractivity contribution in [2.24, 2.45) is 4.99 Å². The first-order valence-electron chi connectivity index (χ1n) is 7.06. The highest BCUT2D eigenvalue weighted by Gasteiger charge is 2.29. The van der Waals surface area contributed by atoms with Gasteiger partial charge in [-0.3, -0.25) is 4.98 Å². The first kappa shape index (κ1) is 13.6. The molecular weight excluding hydrogens is 264 g/mol. The van der Waals surface area contributed by atoms with Gasteiger partial charge in [-0.1, -0.05) is 6.07 Å². The van der Waals surface area contributed by atoms with Crippen LogP contribution in [0.5, 0.6) is 11.5 Å². The molecule has 2 heterocycles. The summed E-state index contributed by atoms with van der Waals surface area (Å²) in [5, 5.41) is 0. The maximum atomic E-state index is 5.96. The van der Waals surface area contributed by atoms with Gasteiger partial charge in [-0.05, 0) is 45.0 Å². The summed E-state index contributed by atoms with van der Waals surface area (Å²) in [5.74, 6) is 1.58. The summed E-state index contributed by atoms with van der Waals surface area (Å²) in [4.78, 5) is 9.10. The minimum absolute atomic E-state index is 0.620. The molecule has 1 aliphatic heterocycles. The van der Waals surface area contributed by atoms with Crippen molar-refractivity contribution in [3.05, 3.63) is 53.9 Å². The van der Waals surface area contributed by atoms with E-state index in [9.17, 15) is 0 Å². The van der Waals surface area contributed by atoms with Crippen molar-refractivity contribution in [2.75, 3.05) is 6.61 Å². The second-order valence-electron chi connectivity index (χ2n) is 5.32. The maximum Gasteiger partial charge on any atom is 0.195 e. The number of pyridine rings is 1. The Morgan fingerprint density at radius 3 is 2.76 bits per heavy atom. The molecule has 1 aromatic carbocycles. The van der Waals surface area contributed by atoms with Gasteiger partial charge in [0.15, 0.2) is 5.72 Å². The van der Waals surface area contributed by atoms with Crippen LogP contribution in [0.25, 0.3) is 0 Å². The lowest BCUT2D eigenvalue weighted by Crippen LogP contribution is -2.32. The van der Waals surface area contributed by atoms with Crippen LogP contribution in [0.4, 0.5) is 0 Å². The fourth-order valence-electron chi connectivity index (χ4n) is 2.36. The number of hydrogen-bond acceptors (Lipinski definition) is 4. The summed E-state index contributed by atoms with van der Waals surface area (Å²) < 4.78 is 11.5. The second kappa shape index (κ2) is 5.20. The summed E-state index contributed by atoms with van der Waals surface area (Å²) in [6, 6.07) is 11.6. The van der Waals surface area contributed by atoms with Crippen LogP contribution >= 0.6 is 0 Å². The fourth-order valence-corrected chi connectivity index (χ4v) is 2.36. The van der Waals surface area contributed by atoms with E-state index in [0.717, 1.165) is 28.5 Å². The molecule has 2 aromatic rings. The SMILES string of the molecule is CCOc1ccc2c(c1)OC(C)(C)N=C2c1ccccn1. The van der Waals surface area contributed by atoms with Crippen molar-refractivity contribution in [1.82, 2.24) is 4.98 Å². The second-order valence-corrected chi connectivity index (χ2v) is 5.32. The van der Waals surface area contributed by atoms with Gasteiger partial charge in [-0.2, -0.15) is 0 Å². The van der Waals surface area contributed by atoms with Gasteiger partial charge in [-0.15, -0.1) is 0 Å². The summed E-state index contributed by atoms with van der Waals surface area (Å²) in [5.41, 5.74) is 2.02. The first-order chi connectivity index (χ1) is 10.1. The van der Waals surface area contributed by atoms with Gasteiger partial charge >= 0.3 is 0 Å². The predicted molar refractivity (Wildman–Crippen MR) is 82.2 cm³/mol. The third-order valence-electron chi connectivity index (χ3n) is 3.17. The molecule has 21 heavy (non-hydrogen) atoms. The minimum Gasteiger partial charge on any atom is -0.494 e. The average molecular weight is 282 g/mol. The zero-order valence-corrected chi connectivity index (χ0v) is 12.5. The first-order valence-corrected chi connectivity index (χ1v) is 7.06. The highest BCUT2D eigenvalue weighted by atomic mass is 16.5. The number of hydrogen-bond donors (Lipinski definition) is 0.